The smallest absolute Gasteiger partial charge is 0.258 e. The summed E-state index contributed by atoms with van der Waals surface area (Å²) in [6.07, 6.45) is 23.3. The summed E-state index contributed by atoms with van der Waals surface area (Å²) in [6, 6.07) is 0. The van der Waals surface area contributed by atoms with E-state index < -0.39 is 0 Å². The van der Waals surface area contributed by atoms with E-state index in [1.54, 1.807) is 0 Å². The van der Waals surface area contributed by atoms with Crippen LogP contribution < -0.4 is 10.6 Å². The van der Waals surface area contributed by atoms with E-state index in [2.05, 4.69) is 22.8 Å². The Morgan fingerprint density at radius 3 is 1.30 bits per heavy atom. The highest BCUT2D eigenvalue weighted by Gasteiger charge is 2.41. The van der Waals surface area contributed by atoms with E-state index in [9.17, 15) is 9.59 Å². The Labute approximate surface area is 181 Å². The Kier molecular flexibility index (Phi) is 7.24. The highest BCUT2D eigenvalue weighted by atomic mass is 16.2. The maximum absolute atomic E-state index is 13.0. The number of hydrogen-bond acceptors (Lipinski definition) is 2. The van der Waals surface area contributed by atoms with Gasteiger partial charge in [-0.25, -0.2) is 0 Å². The number of nitrogens with one attached hydrogen (secondary N) is 2. The van der Waals surface area contributed by atoms with Crippen LogP contribution in [-0.4, -0.2) is 11.8 Å². The van der Waals surface area contributed by atoms with Crippen LogP contribution in [0.3, 0.4) is 0 Å². The standard InChI is InChI=1S/C26H36N2O2/c29-25-21-22(24(28-25)20-17-13-9-5-2-6-10-14-18-20)26(30)27-23(21)19-15-11-7-3-1-4-8-12-16-19/h15,17H,1-14,16,18H2,(H,27,30)(H,28,29)/b19-15+,20-17+. The first kappa shape index (κ1) is 21.1. The van der Waals surface area contributed by atoms with Crippen molar-refractivity contribution in [2.45, 2.75) is 103 Å². The third-order valence-electron chi connectivity index (χ3n) is 6.91. The molecule has 0 bridgehead atoms. The number of allylic oxidation sites excluding steroid dienone is 4. The number of rotatable bonds is 2. The van der Waals surface area contributed by atoms with Crippen molar-refractivity contribution in [1.29, 1.82) is 0 Å². The van der Waals surface area contributed by atoms with Gasteiger partial charge < -0.3 is 10.6 Å². The molecule has 0 atom stereocenters. The van der Waals surface area contributed by atoms with E-state index in [1.165, 1.54) is 64.2 Å². The summed E-state index contributed by atoms with van der Waals surface area (Å²) in [4.78, 5) is 26.0. The highest BCUT2D eigenvalue weighted by molar-refractivity contribution is 6.20. The lowest BCUT2D eigenvalue weighted by Gasteiger charge is -2.14. The van der Waals surface area contributed by atoms with E-state index in [4.69, 9.17) is 0 Å². The van der Waals surface area contributed by atoms with Crippen LogP contribution in [0.15, 0.2) is 45.8 Å². The Balaban J connectivity index is 1.66. The SMILES string of the molecule is O=C1NC(/C2=C/CCCCCCCC2)=C2C(=O)NC(/C3=C/CCCCCCCC3)=C12. The lowest BCUT2D eigenvalue weighted by atomic mass is 9.94. The van der Waals surface area contributed by atoms with E-state index >= 15 is 0 Å². The fourth-order valence-corrected chi connectivity index (χ4v) is 5.21. The van der Waals surface area contributed by atoms with E-state index in [-0.39, 0.29) is 11.8 Å². The van der Waals surface area contributed by atoms with Gasteiger partial charge >= 0.3 is 0 Å². The fourth-order valence-electron chi connectivity index (χ4n) is 5.21. The second kappa shape index (κ2) is 10.3. The topological polar surface area (TPSA) is 58.2 Å². The van der Waals surface area contributed by atoms with Gasteiger partial charge in [0.1, 0.15) is 0 Å². The summed E-state index contributed by atoms with van der Waals surface area (Å²) in [5, 5.41) is 6.17. The molecule has 4 rings (SSSR count). The number of fused-ring (bicyclic) bond motifs is 1. The molecule has 162 valence electrons. The predicted molar refractivity (Wildman–Crippen MR) is 120 cm³/mol. The van der Waals surface area contributed by atoms with Gasteiger partial charge in [-0.3, -0.25) is 9.59 Å². The molecule has 0 saturated heterocycles. The molecule has 2 heterocycles. The molecule has 0 fully saturated rings. The van der Waals surface area contributed by atoms with E-state index in [0.29, 0.717) is 11.1 Å². The summed E-state index contributed by atoms with van der Waals surface area (Å²) in [5.41, 5.74) is 5.07. The fraction of sp³-hybridized carbons (Fsp3) is 0.615. The molecular formula is C26H36N2O2. The van der Waals surface area contributed by atoms with Crippen molar-refractivity contribution < 1.29 is 9.59 Å². The third kappa shape index (κ3) is 4.79. The minimum atomic E-state index is -0.107. The Bertz CT molecular complexity index is 745. The second-order valence-corrected chi connectivity index (χ2v) is 9.19. The minimum absolute atomic E-state index is 0.107. The van der Waals surface area contributed by atoms with Gasteiger partial charge in [-0.2, -0.15) is 0 Å². The molecule has 0 aromatic carbocycles. The van der Waals surface area contributed by atoms with Crippen molar-refractivity contribution >= 4 is 11.8 Å². The normalized spacial score (nSPS) is 28.1. The van der Waals surface area contributed by atoms with Crippen molar-refractivity contribution in [2.24, 2.45) is 0 Å². The lowest BCUT2D eigenvalue weighted by Crippen LogP contribution is -2.24. The molecule has 2 aliphatic heterocycles. The maximum atomic E-state index is 13.0. The van der Waals surface area contributed by atoms with Crippen LogP contribution >= 0.6 is 0 Å². The van der Waals surface area contributed by atoms with Crippen molar-refractivity contribution in [3.8, 4) is 0 Å². The largest absolute Gasteiger partial charge is 0.321 e. The highest BCUT2D eigenvalue weighted by Crippen LogP contribution is 2.37. The number of amides is 2. The third-order valence-corrected chi connectivity index (χ3v) is 6.91. The van der Waals surface area contributed by atoms with Gasteiger partial charge in [-0.15, -0.1) is 0 Å². The molecule has 0 saturated carbocycles. The zero-order valence-electron chi connectivity index (χ0n) is 18.3. The summed E-state index contributed by atoms with van der Waals surface area (Å²) < 4.78 is 0. The molecule has 0 spiro atoms. The van der Waals surface area contributed by atoms with Crippen LogP contribution in [0.4, 0.5) is 0 Å². The molecule has 0 aromatic heterocycles. The van der Waals surface area contributed by atoms with Gasteiger partial charge in [0, 0.05) is 0 Å². The molecular weight excluding hydrogens is 372 g/mol. The van der Waals surface area contributed by atoms with Gasteiger partial charge in [0.15, 0.2) is 0 Å². The molecule has 4 aliphatic rings. The average molecular weight is 409 g/mol. The van der Waals surface area contributed by atoms with Crippen molar-refractivity contribution in [2.75, 3.05) is 0 Å². The van der Waals surface area contributed by atoms with E-state index in [1.807, 2.05) is 0 Å². The van der Waals surface area contributed by atoms with Gasteiger partial charge in [-0.1, -0.05) is 63.5 Å². The van der Waals surface area contributed by atoms with Crippen LogP contribution in [0.2, 0.25) is 0 Å². The summed E-state index contributed by atoms with van der Waals surface area (Å²) in [7, 11) is 0. The monoisotopic (exact) mass is 408 g/mol. The van der Waals surface area contributed by atoms with Crippen LogP contribution in [0.5, 0.6) is 0 Å². The van der Waals surface area contributed by atoms with Gasteiger partial charge in [0.25, 0.3) is 11.8 Å². The second-order valence-electron chi connectivity index (χ2n) is 9.19. The first-order valence-corrected chi connectivity index (χ1v) is 12.3. The summed E-state index contributed by atoms with van der Waals surface area (Å²) >= 11 is 0. The molecule has 4 nitrogen and oxygen atoms in total. The van der Waals surface area contributed by atoms with Crippen molar-refractivity contribution in [1.82, 2.24) is 10.6 Å². The van der Waals surface area contributed by atoms with Gasteiger partial charge in [0.2, 0.25) is 0 Å². The molecule has 0 unspecified atom stereocenters. The minimum Gasteiger partial charge on any atom is -0.321 e. The molecule has 0 radical (unpaired) electrons. The predicted octanol–water partition coefficient (Wildman–Crippen LogP) is 5.88. The number of hydrogen-bond donors (Lipinski definition) is 2. The number of carbonyl (C=O) groups excluding carboxylic acids is 2. The first-order valence-electron chi connectivity index (χ1n) is 12.3. The van der Waals surface area contributed by atoms with Crippen LogP contribution in [-0.2, 0) is 9.59 Å². The van der Waals surface area contributed by atoms with Crippen molar-refractivity contribution in [3.63, 3.8) is 0 Å². The molecule has 2 aliphatic carbocycles. The Hall–Kier alpha value is -2.10. The molecule has 30 heavy (non-hydrogen) atoms. The van der Waals surface area contributed by atoms with Crippen LogP contribution in [0, 0.1) is 0 Å². The molecule has 2 amide bonds. The summed E-state index contributed by atoms with van der Waals surface area (Å²) in [6.45, 7) is 0. The van der Waals surface area contributed by atoms with Crippen LogP contribution in [0.25, 0.3) is 0 Å². The first-order chi connectivity index (χ1) is 14.8. The quantitative estimate of drug-likeness (QED) is 0.600. The van der Waals surface area contributed by atoms with Gasteiger partial charge in [-0.05, 0) is 62.5 Å². The van der Waals surface area contributed by atoms with Crippen LogP contribution in [0.1, 0.15) is 103 Å². The zero-order valence-corrected chi connectivity index (χ0v) is 18.3. The maximum Gasteiger partial charge on any atom is 0.258 e. The van der Waals surface area contributed by atoms with Crippen molar-refractivity contribution in [3.05, 3.63) is 45.8 Å². The van der Waals surface area contributed by atoms with Gasteiger partial charge in [0.05, 0.1) is 22.5 Å². The Morgan fingerprint density at radius 2 is 0.867 bits per heavy atom. The lowest BCUT2D eigenvalue weighted by molar-refractivity contribution is -0.117. The number of carbonyl (C=O) groups is 2. The summed E-state index contributed by atoms with van der Waals surface area (Å²) in [5.74, 6) is -0.214. The molecule has 4 heteroatoms. The molecule has 0 aromatic rings. The Morgan fingerprint density at radius 1 is 0.500 bits per heavy atom. The molecule has 2 N–H and O–H groups in total. The zero-order chi connectivity index (χ0) is 20.8. The van der Waals surface area contributed by atoms with E-state index in [0.717, 1.165) is 61.1 Å². The average Bonchev–Trinajstić information content (AvgIpc) is 3.28.